The largest absolute Gasteiger partial charge is 0.544 e. The fourth-order valence-electron chi connectivity index (χ4n) is 1.57. The first-order valence-electron chi connectivity index (χ1n) is 6.73. The summed E-state index contributed by atoms with van der Waals surface area (Å²) in [5, 5.41) is 0.206. The molecule has 2 N–H and O–H groups in total. The van der Waals surface area contributed by atoms with Crippen molar-refractivity contribution >= 4 is 8.32 Å². The van der Waals surface area contributed by atoms with Crippen LogP contribution in [-0.4, -0.2) is 22.0 Å². The van der Waals surface area contributed by atoms with Crippen molar-refractivity contribution in [2.75, 3.05) is 13.7 Å². The molecule has 0 aliphatic carbocycles. The van der Waals surface area contributed by atoms with Crippen LogP contribution in [0.3, 0.4) is 0 Å². The fraction of sp³-hybridized carbons (Fsp3) is 0.600. The molecule has 0 radical (unpaired) electrons. The van der Waals surface area contributed by atoms with E-state index in [0.717, 1.165) is 11.3 Å². The highest BCUT2D eigenvalue weighted by atomic mass is 28.4. The monoisotopic (exact) mass is 281 g/mol. The molecule has 0 aliphatic rings. The van der Waals surface area contributed by atoms with Gasteiger partial charge in [-0.3, -0.25) is 0 Å². The van der Waals surface area contributed by atoms with Crippen LogP contribution in [0.25, 0.3) is 0 Å². The Morgan fingerprint density at radius 3 is 2.05 bits per heavy atom. The lowest BCUT2D eigenvalue weighted by Crippen LogP contribution is -2.43. The Balaban J connectivity index is 2.83. The van der Waals surface area contributed by atoms with Crippen LogP contribution in [-0.2, 0) is 4.74 Å². The molecule has 19 heavy (non-hydrogen) atoms. The van der Waals surface area contributed by atoms with Gasteiger partial charge < -0.3 is 14.9 Å². The first-order chi connectivity index (χ1) is 8.71. The predicted molar refractivity (Wildman–Crippen MR) is 83.1 cm³/mol. The molecule has 0 saturated heterocycles. The summed E-state index contributed by atoms with van der Waals surface area (Å²) >= 11 is 0. The maximum absolute atomic E-state index is 6.24. The summed E-state index contributed by atoms with van der Waals surface area (Å²) in [5.41, 5.74) is 6.75. The predicted octanol–water partition coefficient (Wildman–Crippen LogP) is 3.72. The van der Waals surface area contributed by atoms with Gasteiger partial charge in [0.25, 0.3) is 0 Å². The highest BCUT2D eigenvalue weighted by Gasteiger charge is 2.38. The topological polar surface area (TPSA) is 44.5 Å². The highest BCUT2D eigenvalue weighted by Crippen LogP contribution is 2.37. The van der Waals surface area contributed by atoms with Gasteiger partial charge in [0.05, 0.1) is 6.10 Å². The van der Waals surface area contributed by atoms with Crippen molar-refractivity contribution in [3.05, 3.63) is 29.8 Å². The van der Waals surface area contributed by atoms with Gasteiger partial charge in [-0.05, 0) is 35.8 Å². The summed E-state index contributed by atoms with van der Waals surface area (Å²) in [6.07, 6.45) is -0.0399. The van der Waals surface area contributed by atoms with Crippen LogP contribution in [0, 0.1) is 0 Å². The lowest BCUT2D eigenvalue weighted by Gasteiger charge is -2.36. The quantitative estimate of drug-likeness (QED) is 0.837. The fourth-order valence-corrected chi connectivity index (χ4v) is 2.60. The molecule has 1 aromatic rings. The number of nitrogens with two attached hydrogens (primary N) is 1. The van der Waals surface area contributed by atoms with Crippen LogP contribution >= 0.6 is 0 Å². The van der Waals surface area contributed by atoms with E-state index in [1.807, 2.05) is 24.3 Å². The zero-order valence-corrected chi connectivity index (χ0v) is 14.0. The van der Waals surface area contributed by atoms with Gasteiger partial charge in [-0.1, -0.05) is 32.9 Å². The Kier molecular flexibility index (Phi) is 5.18. The minimum absolute atomic E-state index is 0.0399. The third-order valence-electron chi connectivity index (χ3n) is 3.93. The van der Waals surface area contributed by atoms with Crippen molar-refractivity contribution in [3.63, 3.8) is 0 Å². The summed E-state index contributed by atoms with van der Waals surface area (Å²) in [6, 6.07) is 8.09. The maximum atomic E-state index is 6.24. The van der Waals surface area contributed by atoms with Crippen molar-refractivity contribution < 1.29 is 9.16 Å². The minimum atomic E-state index is -1.76. The molecule has 4 heteroatoms. The molecular weight excluding hydrogens is 254 g/mol. The zero-order chi connectivity index (χ0) is 14.7. The number of methoxy groups -OCH3 is 1. The van der Waals surface area contributed by atoms with Gasteiger partial charge in [0.15, 0.2) is 0 Å². The van der Waals surface area contributed by atoms with Crippen molar-refractivity contribution in [3.8, 4) is 5.75 Å². The van der Waals surface area contributed by atoms with E-state index in [1.54, 1.807) is 7.11 Å². The standard InChI is InChI=1S/C15H27NO2Si/c1-15(2,3)19(5,6)18-13-9-7-12(8-10-13)14(11-16)17-4/h7-10,14H,11,16H2,1-6H3. The van der Waals surface area contributed by atoms with Crippen LogP contribution in [0.4, 0.5) is 0 Å². The molecule has 0 bridgehead atoms. The van der Waals surface area contributed by atoms with E-state index in [2.05, 4.69) is 33.9 Å². The second-order valence-electron chi connectivity index (χ2n) is 6.39. The number of benzene rings is 1. The Morgan fingerprint density at radius 1 is 1.16 bits per heavy atom. The SMILES string of the molecule is COC(CN)c1ccc(O[Si](C)(C)C(C)(C)C)cc1. The molecular formula is C15H27NO2Si. The third-order valence-corrected chi connectivity index (χ3v) is 8.29. The van der Waals surface area contributed by atoms with Gasteiger partial charge in [0.1, 0.15) is 5.75 Å². The van der Waals surface area contributed by atoms with Crippen LogP contribution in [0.5, 0.6) is 5.75 Å². The molecule has 0 heterocycles. The second-order valence-corrected chi connectivity index (χ2v) is 11.1. The minimum Gasteiger partial charge on any atom is -0.544 e. The van der Waals surface area contributed by atoms with Crippen LogP contribution in [0.15, 0.2) is 24.3 Å². The summed E-state index contributed by atoms with van der Waals surface area (Å²) < 4.78 is 11.6. The molecule has 3 nitrogen and oxygen atoms in total. The van der Waals surface area contributed by atoms with E-state index in [9.17, 15) is 0 Å². The molecule has 0 saturated carbocycles. The first kappa shape index (κ1) is 16.2. The van der Waals surface area contributed by atoms with E-state index in [1.165, 1.54) is 0 Å². The van der Waals surface area contributed by atoms with Gasteiger partial charge in [-0.2, -0.15) is 0 Å². The maximum Gasteiger partial charge on any atom is 0.250 e. The smallest absolute Gasteiger partial charge is 0.250 e. The van der Waals surface area contributed by atoms with E-state index in [4.69, 9.17) is 14.9 Å². The van der Waals surface area contributed by atoms with Crippen LogP contribution in [0.1, 0.15) is 32.4 Å². The lowest BCUT2D eigenvalue weighted by atomic mass is 10.1. The molecule has 0 aliphatic heterocycles. The van der Waals surface area contributed by atoms with E-state index < -0.39 is 8.32 Å². The number of rotatable bonds is 5. The Hall–Kier alpha value is -0.843. The molecule has 108 valence electrons. The van der Waals surface area contributed by atoms with E-state index in [0.29, 0.717) is 6.54 Å². The van der Waals surface area contributed by atoms with Gasteiger partial charge >= 0.3 is 0 Å². The average Bonchev–Trinajstić information content (AvgIpc) is 2.31. The first-order valence-corrected chi connectivity index (χ1v) is 9.64. The van der Waals surface area contributed by atoms with Crippen LogP contribution < -0.4 is 10.2 Å². The molecule has 1 atom stereocenters. The molecule has 0 amide bonds. The van der Waals surface area contributed by atoms with Crippen molar-refractivity contribution in [1.29, 1.82) is 0 Å². The second kappa shape index (κ2) is 6.07. The van der Waals surface area contributed by atoms with Gasteiger partial charge in [0.2, 0.25) is 8.32 Å². The molecule has 1 aromatic carbocycles. The van der Waals surface area contributed by atoms with Crippen molar-refractivity contribution in [2.24, 2.45) is 5.73 Å². The Morgan fingerprint density at radius 2 is 1.68 bits per heavy atom. The van der Waals surface area contributed by atoms with E-state index in [-0.39, 0.29) is 11.1 Å². The summed E-state index contributed by atoms with van der Waals surface area (Å²) in [6.45, 7) is 11.7. The summed E-state index contributed by atoms with van der Waals surface area (Å²) in [4.78, 5) is 0. The highest BCUT2D eigenvalue weighted by molar-refractivity contribution is 6.74. The number of ether oxygens (including phenoxy) is 1. The van der Waals surface area contributed by atoms with Crippen molar-refractivity contribution in [1.82, 2.24) is 0 Å². The normalized spacial score (nSPS) is 14.3. The van der Waals surface area contributed by atoms with Gasteiger partial charge in [0, 0.05) is 13.7 Å². The van der Waals surface area contributed by atoms with Gasteiger partial charge in [-0.25, -0.2) is 0 Å². The van der Waals surface area contributed by atoms with Crippen LogP contribution in [0.2, 0.25) is 18.1 Å². The summed E-state index contributed by atoms with van der Waals surface area (Å²) in [7, 11) is -0.0847. The van der Waals surface area contributed by atoms with Gasteiger partial charge in [-0.15, -0.1) is 0 Å². The molecule has 1 unspecified atom stereocenters. The molecule has 1 rings (SSSR count). The lowest BCUT2D eigenvalue weighted by molar-refractivity contribution is 0.110. The number of hydrogen-bond acceptors (Lipinski definition) is 3. The number of hydrogen-bond donors (Lipinski definition) is 1. The third kappa shape index (κ3) is 4.06. The molecule has 0 fully saturated rings. The Bertz CT molecular complexity index is 392. The van der Waals surface area contributed by atoms with E-state index >= 15 is 0 Å². The summed E-state index contributed by atoms with van der Waals surface area (Å²) in [5.74, 6) is 0.933. The zero-order valence-electron chi connectivity index (χ0n) is 13.0. The van der Waals surface area contributed by atoms with Crippen molar-refractivity contribution in [2.45, 2.75) is 45.0 Å². The molecule has 0 aromatic heterocycles. The molecule has 0 spiro atoms. The average molecular weight is 281 g/mol. The Labute approximate surface area is 118 Å².